The second-order valence-electron chi connectivity index (χ2n) is 6.06. The molecule has 0 saturated carbocycles. The SMILES string of the molecule is CC1=CC=C[N+]([O-])(c2c3ccccc3cc3ccccc23)C1=S(=O)=O. The molecule has 1 aliphatic heterocycles. The van der Waals surface area contributed by atoms with E-state index in [1.165, 1.54) is 6.20 Å². The van der Waals surface area contributed by atoms with Crippen molar-refractivity contribution in [3.63, 3.8) is 0 Å². The van der Waals surface area contributed by atoms with E-state index in [0.29, 0.717) is 11.3 Å². The number of hydrogen-bond acceptors (Lipinski definition) is 3. The van der Waals surface area contributed by atoms with Crippen LogP contribution in [0.25, 0.3) is 21.5 Å². The van der Waals surface area contributed by atoms with Crippen molar-refractivity contribution < 1.29 is 8.42 Å². The van der Waals surface area contributed by atoms with Crippen molar-refractivity contribution in [1.82, 2.24) is 4.65 Å². The van der Waals surface area contributed by atoms with Crippen LogP contribution in [0.15, 0.2) is 78.5 Å². The quantitative estimate of drug-likeness (QED) is 0.285. The van der Waals surface area contributed by atoms with E-state index in [1.54, 1.807) is 19.1 Å². The Morgan fingerprint density at radius 3 is 2.04 bits per heavy atom. The molecular weight excluding hydrogens is 334 g/mol. The average molecular weight is 349 g/mol. The van der Waals surface area contributed by atoms with Gasteiger partial charge in [0, 0.05) is 16.3 Å². The summed E-state index contributed by atoms with van der Waals surface area (Å²) in [5.74, 6) is 0. The number of benzene rings is 3. The minimum absolute atomic E-state index is 0.177. The molecule has 3 aromatic carbocycles. The number of allylic oxidation sites excluding steroid dienone is 2. The van der Waals surface area contributed by atoms with E-state index in [-0.39, 0.29) is 4.99 Å². The molecule has 0 N–H and O–H groups in total. The third-order valence-corrected chi connectivity index (χ3v) is 5.42. The number of nitrogens with zero attached hydrogens (tertiary/aromatic N) is 1. The summed E-state index contributed by atoms with van der Waals surface area (Å²) in [6.07, 6.45) is 4.65. The van der Waals surface area contributed by atoms with Gasteiger partial charge in [-0.25, -0.2) is 0 Å². The lowest BCUT2D eigenvalue weighted by atomic mass is 9.99. The van der Waals surface area contributed by atoms with Gasteiger partial charge in [-0.3, -0.25) is 4.65 Å². The van der Waals surface area contributed by atoms with E-state index in [1.807, 2.05) is 54.6 Å². The normalized spacial score (nSPS) is 20.1. The lowest BCUT2D eigenvalue weighted by Crippen LogP contribution is -2.46. The molecule has 0 spiro atoms. The van der Waals surface area contributed by atoms with Gasteiger partial charge in [-0.15, -0.1) is 0 Å². The van der Waals surface area contributed by atoms with Crippen LogP contribution >= 0.6 is 0 Å². The topological polar surface area (TPSA) is 57.2 Å². The zero-order valence-corrected chi connectivity index (χ0v) is 14.3. The van der Waals surface area contributed by atoms with Crippen LogP contribution < -0.4 is 4.65 Å². The third kappa shape index (κ3) is 2.33. The highest BCUT2D eigenvalue weighted by Crippen LogP contribution is 2.41. The maximum Gasteiger partial charge on any atom is 0.277 e. The fraction of sp³-hybridized carbons (Fsp3) is 0.0500. The smallest absolute Gasteiger partial charge is 0.277 e. The zero-order valence-electron chi connectivity index (χ0n) is 13.5. The first-order valence-corrected chi connectivity index (χ1v) is 8.94. The van der Waals surface area contributed by atoms with Crippen molar-refractivity contribution in [3.8, 4) is 0 Å². The highest BCUT2D eigenvalue weighted by Gasteiger charge is 2.34. The molecule has 124 valence electrons. The Bertz CT molecular complexity index is 1160. The van der Waals surface area contributed by atoms with Gasteiger partial charge in [-0.1, -0.05) is 36.4 Å². The number of hydrogen-bond donors (Lipinski definition) is 0. The molecule has 0 saturated heterocycles. The third-order valence-electron chi connectivity index (χ3n) is 4.51. The molecule has 1 aliphatic rings. The standard InChI is InChI=1S/C20H15NO3S/c1-14-7-6-12-21(22,20(14)25(23)24)19-17-10-4-2-8-15(17)13-16-9-3-5-11-18(16)19/h2-13H,1H3. The Labute approximate surface area is 146 Å². The van der Waals surface area contributed by atoms with Gasteiger partial charge in [0.05, 0.1) is 0 Å². The summed E-state index contributed by atoms with van der Waals surface area (Å²) in [6, 6.07) is 17.1. The first-order valence-electron chi connectivity index (χ1n) is 7.86. The molecule has 1 heterocycles. The van der Waals surface area contributed by atoms with Crippen molar-refractivity contribution >= 4 is 42.5 Å². The minimum Gasteiger partial charge on any atom is -0.616 e. The molecule has 1 unspecified atom stereocenters. The Kier molecular flexibility index (Phi) is 3.58. The molecule has 0 aromatic heterocycles. The van der Waals surface area contributed by atoms with Gasteiger partial charge in [0.1, 0.15) is 6.20 Å². The van der Waals surface area contributed by atoms with Gasteiger partial charge in [0.25, 0.3) is 15.3 Å². The number of hydroxylamine groups is 2. The maximum absolute atomic E-state index is 13.9. The maximum atomic E-state index is 13.9. The second kappa shape index (κ2) is 5.67. The van der Waals surface area contributed by atoms with Crippen LogP contribution in [0.5, 0.6) is 0 Å². The van der Waals surface area contributed by atoms with Crippen molar-refractivity contribution in [2.45, 2.75) is 6.92 Å². The molecule has 1 atom stereocenters. The molecular formula is C20H15NO3S. The van der Waals surface area contributed by atoms with Crippen LogP contribution in [0.1, 0.15) is 6.92 Å². The highest BCUT2D eigenvalue weighted by atomic mass is 32.2. The van der Waals surface area contributed by atoms with Gasteiger partial charge in [0.15, 0.2) is 5.69 Å². The largest absolute Gasteiger partial charge is 0.616 e. The minimum atomic E-state index is -2.63. The fourth-order valence-corrected chi connectivity index (χ4v) is 4.18. The van der Waals surface area contributed by atoms with Crippen LogP contribution in [-0.2, 0) is 10.3 Å². The van der Waals surface area contributed by atoms with Crippen molar-refractivity contribution in [2.75, 3.05) is 0 Å². The molecule has 4 rings (SSSR count). The first kappa shape index (κ1) is 15.8. The molecule has 0 fully saturated rings. The van der Waals surface area contributed by atoms with Crippen LogP contribution in [0.4, 0.5) is 5.69 Å². The summed E-state index contributed by atoms with van der Waals surface area (Å²) in [5.41, 5.74) is 0.874. The Hall–Kier alpha value is -2.73. The van der Waals surface area contributed by atoms with E-state index in [0.717, 1.165) is 21.5 Å². The molecule has 0 bridgehead atoms. The molecule has 5 heteroatoms. The van der Waals surface area contributed by atoms with Crippen molar-refractivity contribution in [1.29, 1.82) is 0 Å². The molecule has 25 heavy (non-hydrogen) atoms. The molecule has 0 radical (unpaired) electrons. The van der Waals surface area contributed by atoms with Gasteiger partial charge in [-0.2, -0.15) is 8.42 Å². The summed E-state index contributed by atoms with van der Waals surface area (Å²) in [5, 5.41) is 17.2. The Morgan fingerprint density at radius 2 is 1.48 bits per heavy atom. The highest BCUT2D eigenvalue weighted by molar-refractivity contribution is 7.73. The number of quaternary nitrogens is 1. The fourth-order valence-electron chi connectivity index (χ4n) is 3.48. The Balaban J connectivity index is 2.24. The zero-order chi connectivity index (χ0) is 17.6. The van der Waals surface area contributed by atoms with E-state index in [2.05, 4.69) is 0 Å². The summed E-state index contributed by atoms with van der Waals surface area (Å²) < 4.78 is 22.7. The monoisotopic (exact) mass is 349 g/mol. The van der Waals surface area contributed by atoms with E-state index in [9.17, 15) is 13.6 Å². The summed E-state index contributed by atoms with van der Waals surface area (Å²) in [7, 11) is -2.63. The lowest BCUT2D eigenvalue weighted by molar-refractivity contribution is 0.623. The summed E-state index contributed by atoms with van der Waals surface area (Å²) in [6.45, 7) is 1.65. The predicted molar refractivity (Wildman–Crippen MR) is 103 cm³/mol. The second-order valence-corrected chi connectivity index (χ2v) is 6.91. The van der Waals surface area contributed by atoms with Gasteiger partial charge >= 0.3 is 0 Å². The van der Waals surface area contributed by atoms with Crippen LogP contribution in [0.3, 0.4) is 0 Å². The van der Waals surface area contributed by atoms with Gasteiger partial charge in [0.2, 0.25) is 0 Å². The summed E-state index contributed by atoms with van der Waals surface area (Å²) in [4.78, 5) is -0.177. The van der Waals surface area contributed by atoms with E-state index in [4.69, 9.17) is 0 Å². The molecule has 0 amide bonds. The van der Waals surface area contributed by atoms with Gasteiger partial charge in [-0.05, 0) is 48.0 Å². The van der Waals surface area contributed by atoms with Crippen LogP contribution in [0.2, 0.25) is 0 Å². The first-order chi connectivity index (χ1) is 12.0. The number of fused-ring (bicyclic) bond motifs is 2. The summed E-state index contributed by atoms with van der Waals surface area (Å²) >= 11 is 0. The molecule has 3 aromatic rings. The molecule has 4 nitrogen and oxygen atoms in total. The van der Waals surface area contributed by atoms with Crippen LogP contribution in [0, 0.1) is 5.21 Å². The average Bonchev–Trinajstić information content (AvgIpc) is 2.59. The van der Waals surface area contributed by atoms with E-state index < -0.39 is 14.9 Å². The molecule has 0 aliphatic carbocycles. The van der Waals surface area contributed by atoms with Gasteiger partial charge < -0.3 is 5.21 Å². The van der Waals surface area contributed by atoms with Crippen molar-refractivity contribution in [3.05, 3.63) is 83.7 Å². The van der Waals surface area contributed by atoms with Crippen LogP contribution in [-0.4, -0.2) is 13.4 Å². The predicted octanol–water partition coefficient (Wildman–Crippen LogP) is 4.28. The Morgan fingerprint density at radius 1 is 0.920 bits per heavy atom. The lowest BCUT2D eigenvalue weighted by Gasteiger charge is -2.40. The van der Waals surface area contributed by atoms with E-state index >= 15 is 0 Å². The number of rotatable bonds is 1. The van der Waals surface area contributed by atoms with Crippen molar-refractivity contribution in [2.24, 2.45) is 0 Å².